The lowest BCUT2D eigenvalue weighted by molar-refractivity contribution is -0.157. The van der Waals surface area contributed by atoms with E-state index in [2.05, 4.69) is 10.2 Å². The Bertz CT molecular complexity index is 1530. The largest absolute Gasteiger partial charge is 0.497 e. The fourth-order valence-electron chi connectivity index (χ4n) is 5.51. The van der Waals surface area contributed by atoms with Crippen LogP contribution in [0, 0.1) is 0 Å². The number of likely N-dealkylation sites (tertiary alicyclic amines) is 1. The number of aryl methyl sites for hydroxylation is 1. The van der Waals surface area contributed by atoms with Crippen LogP contribution in [0.3, 0.4) is 0 Å². The fourth-order valence-corrected chi connectivity index (χ4v) is 5.51. The highest BCUT2D eigenvalue weighted by Crippen LogP contribution is 2.30. The number of methoxy groups -OCH3 is 1. The van der Waals surface area contributed by atoms with E-state index in [0.29, 0.717) is 36.4 Å². The molecule has 3 aromatic rings. The Kier molecular flexibility index (Phi) is 7.65. The molecule has 0 bridgehead atoms. The standard InChI is InChI=1S/C30H37N5O6/c1-30(2,3)41-28(38)22-18-33(15-14-31-22)20-8-11-23-25(16-20)32(4)29(39)35(23)24-12-13-26(36)34(27(24)37)17-19-6-9-21(40-5)10-7-19/h6-11,16,22,24,31H,12-15,17-18H2,1-5H3. The summed E-state index contributed by atoms with van der Waals surface area (Å²) in [5.41, 5.74) is 2.06. The maximum Gasteiger partial charge on any atom is 0.329 e. The van der Waals surface area contributed by atoms with Gasteiger partial charge in [-0.1, -0.05) is 12.1 Å². The molecule has 2 aromatic carbocycles. The fraction of sp³-hybridized carbons (Fsp3) is 0.467. The topological polar surface area (TPSA) is 115 Å². The number of aromatic nitrogens is 2. The van der Waals surface area contributed by atoms with E-state index in [-0.39, 0.29) is 37.0 Å². The average molecular weight is 564 g/mol. The highest BCUT2D eigenvalue weighted by atomic mass is 16.6. The van der Waals surface area contributed by atoms with Gasteiger partial charge in [-0.3, -0.25) is 28.4 Å². The number of amides is 2. The van der Waals surface area contributed by atoms with Crippen molar-refractivity contribution in [2.45, 2.75) is 57.8 Å². The summed E-state index contributed by atoms with van der Waals surface area (Å²) < 4.78 is 13.8. The molecular formula is C30H37N5O6. The Morgan fingerprint density at radius 2 is 1.78 bits per heavy atom. The predicted molar refractivity (Wildman–Crippen MR) is 154 cm³/mol. The molecule has 0 spiro atoms. The van der Waals surface area contributed by atoms with Gasteiger partial charge in [0.15, 0.2) is 0 Å². The number of hydrogen-bond donors (Lipinski definition) is 1. The summed E-state index contributed by atoms with van der Waals surface area (Å²) in [4.78, 5) is 55.9. The molecule has 2 saturated heterocycles. The van der Waals surface area contributed by atoms with Gasteiger partial charge in [-0.2, -0.15) is 0 Å². The van der Waals surface area contributed by atoms with E-state index in [1.807, 2.05) is 51.1 Å². The van der Waals surface area contributed by atoms with Crippen LogP contribution in [0.2, 0.25) is 0 Å². The molecule has 11 heteroatoms. The Labute approximate surface area is 238 Å². The lowest BCUT2D eigenvalue weighted by atomic mass is 10.0. The number of benzene rings is 2. The van der Waals surface area contributed by atoms with E-state index in [1.165, 1.54) is 14.0 Å². The second-order valence-corrected chi connectivity index (χ2v) is 11.6. The number of nitrogens with zero attached hydrogens (tertiary/aromatic N) is 4. The third-order valence-electron chi connectivity index (χ3n) is 7.60. The van der Waals surface area contributed by atoms with E-state index in [0.717, 1.165) is 11.3 Å². The molecule has 2 atom stereocenters. The number of anilines is 1. The molecular weight excluding hydrogens is 526 g/mol. The van der Waals surface area contributed by atoms with Crippen LogP contribution >= 0.6 is 0 Å². The first-order chi connectivity index (χ1) is 19.5. The van der Waals surface area contributed by atoms with Crippen LogP contribution in [0.5, 0.6) is 5.75 Å². The number of imide groups is 1. The van der Waals surface area contributed by atoms with Crippen LogP contribution in [0.25, 0.3) is 11.0 Å². The van der Waals surface area contributed by atoms with Crippen LogP contribution in [-0.4, -0.2) is 70.2 Å². The van der Waals surface area contributed by atoms with E-state index in [1.54, 1.807) is 26.3 Å². The molecule has 2 aliphatic heterocycles. The molecule has 11 nitrogen and oxygen atoms in total. The number of piperazine rings is 1. The summed E-state index contributed by atoms with van der Waals surface area (Å²) in [7, 11) is 3.26. The summed E-state index contributed by atoms with van der Waals surface area (Å²) in [5, 5.41) is 3.23. The Morgan fingerprint density at radius 3 is 2.46 bits per heavy atom. The number of carbonyl (C=O) groups is 3. The van der Waals surface area contributed by atoms with Gasteiger partial charge in [-0.25, -0.2) is 4.79 Å². The zero-order chi connectivity index (χ0) is 29.5. The Morgan fingerprint density at radius 1 is 1.05 bits per heavy atom. The number of esters is 1. The van der Waals surface area contributed by atoms with Crippen LogP contribution in [0.15, 0.2) is 47.3 Å². The minimum Gasteiger partial charge on any atom is -0.497 e. The van der Waals surface area contributed by atoms with Gasteiger partial charge in [0.25, 0.3) is 5.91 Å². The SMILES string of the molecule is COc1ccc(CN2C(=O)CCC(n3c(=O)n(C)c4cc(N5CCNC(C(=O)OC(C)(C)C)C5)ccc43)C2=O)cc1. The van der Waals surface area contributed by atoms with Gasteiger partial charge < -0.3 is 19.7 Å². The van der Waals surface area contributed by atoms with Crippen LogP contribution in [0.4, 0.5) is 5.69 Å². The predicted octanol–water partition coefficient (Wildman–Crippen LogP) is 2.36. The van der Waals surface area contributed by atoms with Crippen LogP contribution in [0.1, 0.15) is 45.2 Å². The summed E-state index contributed by atoms with van der Waals surface area (Å²) in [6.45, 7) is 7.38. The second kappa shape index (κ2) is 11.0. The van der Waals surface area contributed by atoms with E-state index in [9.17, 15) is 19.2 Å². The number of piperidine rings is 1. The van der Waals surface area contributed by atoms with Crippen molar-refractivity contribution in [3.8, 4) is 5.75 Å². The van der Waals surface area contributed by atoms with Gasteiger partial charge in [0.2, 0.25) is 5.91 Å². The normalized spacial score (nSPS) is 20.0. The second-order valence-electron chi connectivity index (χ2n) is 11.6. The number of nitrogens with one attached hydrogen (secondary N) is 1. The number of hydrogen-bond acceptors (Lipinski definition) is 8. The zero-order valence-corrected chi connectivity index (χ0v) is 24.2. The van der Waals surface area contributed by atoms with E-state index < -0.39 is 23.6 Å². The highest BCUT2D eigenvalue weighted by molar-refractivity contribution is 6.00. The minimum atomic E-state index is -0.788. The molecule has 1 aromatic heterocycles. The van der Waals surface area contributed by atoms with Gasteiger partial charge in [-0.15, -0.1) is 0 Å². The van der Waals surface area contributed by atoms with Gasteiger partial charge in [0.05, 0.1) is 24.7 Å². The van der Waals surface area contributed by atoms with Gasteiger partial charge in [-0.05, 0) is 63.1 Å². The first-order valence-corrected chi connectivity index (χ1v) is 13.9. The van der Waals surface area contributed by atoms with Crippen LogP contribution < -0.4 is 20.6 Å². The summed E-state index contributed by atoms with van der Waals surface area (Å²) in [5.74, 6) is -0.258. The molecule has 5 rings (SSSR count). The average Bonchev–Trinajstić information content (AvgIpc) is 3.19. The molecule has 2 unspecified atom stereocenters. The number of imidazole rings is 1. The highest BCUT2D eigenvalue weighted by Gasteiger charge is 2.37. The quantitative estimate of drug-likeness (QED) is 0.359. The van der Waals surface area contributed by atoms with Gasteiger partial charge >= 0.3 is 11.7 Å². The molecule has 0 aliphatic carbocycles. The van der Waals surface area contributed by atoms with Gasteiger partial charge in [0, 0.05) is 38.8 Å². The maximum atomic E-state index is 13.6. The maximum absolute atomic E-state index is 13.6. The molecule has 218 valence electrons. The molecule has 0 radical (unpaired) electrons. The van der Waals surface area contributed by atoms with Crippen molar-refractivity contribution < 1.29 is 23.9 Å². The molecule has 2 aliphatic rings. The van der Waals surface area contributed by atoms with Gasteiger partial charge in [0.1, 0.15) is 23.4 Å². The first kappa shape index (κ1) is 28.4. The number of ether oxygens (including phenoxy) is 2. The van der Waals surface area contributed by atoms with E-state index >= 15 is 0 Å². The van der Waals surface area contributed by atoms with Crippen molar-refractivity contribution in [2.24, 2.45) is 7.05 Å². The summed E-state index contributed by atoms with van der Waals surface area (Å²) in [6, 6.07) is 11.6. The monoisotopic (exact) mass is 563 g/mol. The number of carbonyl (C=O) groups excluding carboxylic acids is 3. The van der Waals surface area contributed by atoms with Crippen molar-refractivity contribution >= 4 is 34.5 Å². The lowest BCUT2D eigenvalue weighted by Crippen LogP contribution is -2.55. The molecule has 41 heavy (non-hydrogen) atoms. The minimum absolute atomic E-state index is 0.129. The molecule has 2 amide bonds. The number of rotatable bonds is 6. The van der Waals surface area contributed by atoms with Crippen molar-refractivity contribution in [3.05, 3.63) is 58.5 Å². The third-order valence-corrected chi connectivity index (χ3v) is 7.60. The lowest BCUT2D eigenvalue weighted by Gasteiger charge is -2.35. The zero-order valence-electron chi connectivity index (χ0n) is 24.2. The Hall–Kier alpha value is -4.12. The number of fused-ring (bicyclic) bond motifs is 1. The molecule has 3 heterocycles. The van der Waals surface area contributed by atoms with Crippen LogP contribution in [-0.2, 0) is 32.7 Å². The van der Waals surface area contributed by atoms with Crippen molar-refractivity contribution in [1.29, 1.82) is 0 Å². The first-order valence-electron chi connectivity index (χ1n) is 13.9. The molecule has 1 N–H and O–H groups in total. The molecule has 0 saturated carbocycles. The van der Waals surface area contributed by atoms with E-state index in [4.69, 9.17) is 9.47 Å². The van der Waals surface area contributed by atoms with Crippen molar-refractivity contribution in [3.63, 3.8) is 0 Å². The van der Waals surface area contributed by atoms with Crippen molar-refractivity contribution in [2.75, 3.05) is 31.6 Å². The summed E-state index contributed by atoms with van der Waals surface area (Å²) in [6.07, 6.45) is 0.424. The third kappa shape index (κ3) is 5.72. The molecule has 2 fully saturated rings. The summed E-state index contributed by atoms with van der Waals surface area (Å²) >= 11 is 0. The Balaban J connectivity index is 1.40. The van der Waals surface area contributed by atoms with Crippen molar-refractivity contribution in [1.82, 2.24) is 19.4 Å². The smallest absolute Gasteiger partial charge is 0.329 e.